The minimum absolute atomic E-state index is 0.0579. The molecule has 12 heteroatoms. The predicted molar refractivity (Wildman–Crippen MR) is 142 cm³/mol. The van der Waals surface area contributed by atoms with Crippen molar-refractivity contribution in [2.24, 2.45) is 11.7 Å². The second kappa shape index (κ2) is 10.5. The van der Waals surface area contributed by atoms with E-state index in [1.54, 1.807) is 19.4 Å². The van der Waals surface area contributed by atoms with Gasteiger partial charge in [0.25, 0.3) is 0 Å². The highest BCUT2D eigenvalue weighted by Crippen LogP contribution is 2.49. The maximum absolute atomic E-state index is 13.4. The first-order valence-electron chi connectivity index (χ1n) is 12.8. The number of halogens is 1. The van der Waals surface area contributed by atoms with Gasteiger partial charge in [-0.1, -0.05) is 13.0 Å². The molecule has 3 unspecified atom stereocenters. The molecular formula is C27H32FN9O2. The van der Waals surface area contributed by atoms with Gasteiger partial charge < -0.3 is 15.8 Å². The Hall–Kier alpha value is -4.19. The molecule has 5 rings (SSSR count). The van der Waals surface area contributed by atoms with Gasteiger partial charge in [0.1, 0.15) is 5.60 Å². The van der Waals surface area contributed by atoms with Crippen molar-refractivity contribution in [1.29, 1.82) is 0 Å². The van der Waals surface area contributed by atoms with Crippen molar-refractivity contribution < 1.29 is 13.9 Å². The number of amides is 1. The number of rotatable bonds is 8. The Labute approximate surface area is 225 Å². The molecule has 1 fully saturated rings. The molecule has 4 N–H and O–H groups in total. The first-order valence-corrected chi connectivity index (χ1v) is 12.8. The number of aryl methyl sites for hydroxylation is 2. The van der Waals surface area contributed by atoms with E-state index < -0.39 is 17.3 Å². The molecule has 0 spiro atoms. The van der Waals surface area contributed by atoms with E-state index in [2.05, 4.69) is 30.6 Å². The van der Waals surface area contributed by atoms with Gasteiger partial charge in [-0.15, -0.1) is 0 Å². The lowest BCUT2D eigenvalue weighted by Gasteiger charge is -2.46. The highest BCUT2D eigenvalue weighted by atomic mass is 19.1. The highest BCUT2D eigenvalue weighted by molar-refractivity contribution is 5.84. The van der Waals surface area contributed by atoms with Crippen LogP contribution in [0.4, 0.5) is 16.2 Å². The fourth-order valence-electron chi connectivity index (χ4n) is 5.64. The zero-order valence-electron chi connectivity index (χ0n) is 22.3. The Morgan fingerprint density at radius 1 is 1.28 bits per heavy atom. The number of ether oxygens (including phenoxy) is 1. The van der Waals surface area contributed by atoms with E-state index in [0.717, 1.165) is 28.8 Å². The van der Waals surface area contributed by atoms with E-state index >= 15 is 0 Å². The number of hydrogen-bond donors (Lipinski definition) is 3. The predicted octanol–water partition coefficient (Wildman–Crippen LogP) is 3.84. The second-order valence-corrected chi connectivity index (χ2v) is 10.2. The number of carbonyl (C=O) groups excluding carboxylic acids is 1. The lowest BCUT2D eigenvalue weighted by molar-refractivity contribution is -0.155. The summed E-state index contributed by atoms with van der Waals surface area (Å²) in [5, 5.41) is 14.3. The number of H-pyrrole nitrogens is 1. The molecule has 0 radical (unpaired) electrons. The third-order valence-corrected chi connectivity index (χ3v) is 7.71. The summed E-state index contributed by atoms with van der Waals surface area (Å²) in [6.07, 6.45) is 5.89. The average molecular weight is 534 g/mol. The van der Waals surface area contributed by atoms with Crippen LogP contribution in [0.2, 0.25) is 0 Å². The van der Waals surface area contributed by atoms with Crippen LogP contribution in [0, 0.1) is 25.6 Å². The van der Waals surface area contributed by atoms with E-state index in [9.17, 15) is 9.18 Å². The summed E-state index contributed by atoms with van der Waals surface area (Å²) in [5.74, 6) is 0.376. The number of nitrogens with one attached hydrogen (secondary N) is 2. The number of aromatic amines is 1. The fourth-order valence-corrected chi connectivity index (χ4v) is 5.64. The number of methoxy groups -OCH3 is 1. The SMILES string of the molecule is COC1(C(N)=O)CCC(c2cc(C)nc(Nc3cc(C)[nH]n3)n2)CC1[C@H](C)c1ccc(-n2cc(F)cn2)nc1. The molecule has 0 bridgehead atoms. The van der Waals surface area contributed by atoms with Crippen LogP contribution in [0.5, 0.6) is 0 Å². The van der Waals surface area contributed by atoms with Gasteiger partial charge in [0.05, 0.1) is 12.4 Å². The van der Waals surface area contributed by atoms with Crippen LogP contribution in [-0.2, 0) is 9.53 Å². The Kier molecular flexibility index (Phi) is 7.13. The maximum atomic E-state index is 13.4. The lowest BCUT2D eigenvalue weighted by atomic mass is 9.64. The van der Waals surface area contributed by atoms with Crippen LogP contribution < -0.4 is 11.1 Å². The van der Waals surface area contributed by atoms with E-state index in [4.69, 9.17) is 15.5 Å². The normalized spacial score (nSPS) is 22.0. The Morgan fingerprint density at radius 2 is 2.10 bits per heavy atom. The first-order chi connectivity index (χ1) is 18.7. The van der Waals surface area contributed by atoms with Crippen molar-refractivity contribution in [2.45, 2.75) is 57.5 Å². The van der Waals surface area contributed by atoms with Crippen molar-refractivity contribution in [3.63, 3.8) is 0 Å². The Bertz CT molecular complexity index is 1470. The minimum Gasteiger partial charge on any atom is -0.368 e. The van der Waals surface area contributed by atoms with Gasteiger partial charge in [-0.25, -0.2) is 24.0 Å². The third-order valence-electron chi connectivity index (χ3n) is 7.71. The molecule has 1 saturated carbocycles. The molecule has 204 valence electrons. The van der Waals surface area contributed by atoms with Gasteiger partial charge in [0, 0.05) is 48.3 Å². The van der Waals surface area contributed by atoms with E-state index in [1.165, 1.54) is 10.9 Å². The molecule has 4 aromatic heterocycles. The zero-order chi connectivity index (χ0) is 27.7. The standard InChI is InChI=1S/C27H32FN9O2/c1-15-9-22(33-26(32-15)34-23-10-16(2)35-36-23)18-7-8-27(39-4,25(29)38)21(11-18)17(3)19-5-6-24(30-12-19)37-14-20(28)13-31-37/h5-6,9-10,12-14,17-18,21H,7-8,11H2,1-4H3,(H2,29,38)(H2,32,33,34,35,36)/t17-,18?,21?,27?/m1/s1. The summed E-state index contributed by atoms with van der Waals surface area (Å²) in [6, 6.07) is 7.56. The van der Waals surface area contributed by atoms with Gasteiger partial charge >= 0.3 is 0 Å². The van der Waals surface area contributed by atoms with Crippen LogP contribution in [0.1, 0.15) is 60.7 Å². The van der Waals surface area contributed by atoms with E-state index in [1.807, 2.05) is 39.0 Å². The molecule has 0 aromatic carbocycles. The summed E-state index contributed by atoms with van der Waals surface area (Å²) in [7, 11) is 1.54. The van der Waals surface area contributed by atoms with Crippen molar-refractivity contribution >= 4 is 17.7 Å². The third kappa shape index (κ3) is 5.24. The van der Waals surface area contributed by atoms with Gasteiger partial charge in [0.15, 0.2) is 17.5 Å². The minimum atomic E-state index is -1.13. The van der Waals surface area contributed by atoms with Gasteiger partial charge in [-0.05, 0) is 56.7 Å². The van der Waals surface area contributed by atoms with Gasteiger partial charge in [0.2, 0.25) is 11.9 Å². The van der Waals surface area contributed by atoms with Crippen LogP contribution in [0.25, 0.3) is 5.82 Å². The number of aromatic nitrogens is 7. The molecule has 0 saturated heterocycles. The van der Waals surface area contributed by atoms with Crippen LogP contribution in [0.15, 0.2) is 42.9 Å². The van der Waals surface area contributed by atoms with Crippen LogP contribution in [-0.4, -0.2) is 53.5 Å². The molecule has 1 amide bonds. The molecule has 4 atom stereocenters. The van der Waals surface area contributed by atoms with Gasteiger partial charge in [-0.2, -0.15) is 10.2 Å². The Balaban J connectivity index is 1.43. The summed E-state index contributed by atoms with van der Waals surface area (Å²) >= 11 is 0. The number of carbonyl (C=O) groups is 1. The van der Waals surface area contributed by atoms with Crippen LogP contribution >= 0.6 is 0 Å². The summed E-state index contributed by atoms with van der Waals surface area (Å²) in [6.45, 7) is 5.90. The molecule has 1 aliphatic carbocycles. The lowest BCUT2D eigenvalue weighted by Crippen LogP contribution is -2.55. The smallest absolute Gasteiger partial charge is 0.249 e. The highest BCUT2D eigenvalue weighted by Gasteiger charge is 2.51. The van der Waals surface area contributed by atoms with Crippen molar-refractivity contribution in [2.75, 3.05) is 12.4 Å². The average Bonchev–Trinajstić information content (AvgIpc) is 3.55. The number of nitrogens with zero attached hydrogens (tertiary/aromatic N) is 6. The molecule has 4 heterocycles. The maximum Gasteiger partial charge on any atom is 0.249 e. The van der Waals surface area contributed by atoms with Crippen molar-refractivity contribution in [3.05, 3.63) is 71.3 Å². The van der Waals surface area contributed by atoms with Crippen molar-refractivity contribution in [3.8, 4) is 5.82 Å². The molecule has 0 aliphatic heterocycles. The number of anilines is 2. The zero-order valence-corrected chi connectivity index (χ0v) is 22.3. The molecule has 39 heavy (non-hydrogen) atoms. The Morgan fingerprint density at radius 3 is 2.72 bits per heavy atom. The second-order valence-electron chi connectivity index (χ2n) is 10.2. The van der Waals surface area contributed by atoms with E-state index in [-0.39, 0.29) is 17.8 Å². The van der Waals surface area contributed by atoms with Crippen molar-refractivity contribution in [1.82, 2.24) is 34.9 Å². The molecule has 1 aliphatic rings. The summed E-state index contributed by atoms with van der Waals surface area (Å²) < 4.78 is 20.7. The topological polar surface area (TPSA) is 150 Å². The number of nitrogens with two attached hydrogens (primary N) is 1. The summed E-state index contributed by atoms with van der Waals surface area (Å²) in [5.41, 5.74) is 8.39. The monoisotopic (exact) mass is 533 g/mol. The van der Waals surface area contributed by atoms with Gasteiger partial charge in [-0.3, -0.25) is 9.89 Å². The summed E-state index contributed by atoms with van der Waals surface area (Å²) in [4.78, 5) is 26.7. The fraction of sp³-hybridized carbons (Fsp3) is 0.407. The quantitative estimate of drug-likeness (QED) is 0.309. The molecular weight excluding hydrogens is 501 g/mol. The largest absolute Gasteiger partial charge is 0.368 e. The number of primary amides is 1. The first kappa shape index (κ1) is 26.4. The van der Waals surface area contributed by atoms with E-state index in [0.29, 0.717) is 36.8 Å². The molecule has 11 nitrogen and oxygen atoms in total. The molecule has 4 aromatic rings. The van der Waals surface area contributed by atoms with Crippen LogP contribution in [0.3, 0.4) is 0 Å². The number of hydrogen-bond acceptors (Lipinski definition) is 8. The number of pyridine rings is 1.